The van der Waals surface area contributed by atoms with E-state index in [4.69, 9.17) is 4.74 Å². The zero-order valence-corrected chi connectivity index (χ0v) is 18.2. The van der Waals surface area contributed by atoms with Crippen molar-refractivity contribution in [1.82, 2.24) is 10.2 Å². The first-order valence-electron chi connectivity index (χ1n) is 9.28. The normalized spacial score (nSPS) is 18.4. The number of aryl methyl sites for hydroxylation is 1. The summed E-state index contributed by atoms with van der Waals surface area (Å²) < 4.78 is 5.63. The summed E-state index contributed by atoms with van der Waals surface area (Å²) in [6, 6.07) is 9.68. The number of hydrogen-bond acceptors (Lipinski definition) is 8. The first kappa shape index (κ1) is 20.2. The number of aromatic nitrogens is 2. The van der Waals surface area contributed by atoms with Crippen LogP contribution < -0.4 is 9.64 Å². The van der Waals surface area contributed by atoms with E-state index in [1.54, 1.807) is 31.2 Å². The van der Waals surface area contributed by atoms with Gasteiger partial charge in [0.15, 0.2) is 0 Å². The van der Waals surface area contributed by atoms with Crippen LogP contribution in [-0.2, 0) is 9.59 Å². The lowest BCUT2D eigenvalue weighted by atomic mass is 10.00. The molecule has 1 N–H and O–H groups in total. The van der Waals surface area contributed by atoms with Gasteiger partial charge in [-0.2, -0.15) is 0 Å². The second kappa shape index (κ2) is 8.00. The predicted molar refractivity (Wildman–Crippen MR) is 116 cm³/mol. The third-order valence-corrected chi connectivity index (χ3v) is 6.24. The Morgan fingerprint density at radius 1 is 1.17 bits per heavy atom. The molecule has 9 heteroatoms. The molecule has 0 unspecified atom stereocenters. The third kappa shape index (κ3) is 3.61. The summed E-state index contributed by atoms with van der Waals surface area (Å²) in [5.41, 5.74) is 0.465. The predicted octanol–water partition coefficient (Wildman–Crippen LogP) is 4.32. The number of aliphatic hydroxyl groups excluding tert-OH is 1. The Morgan fingerprint density at radius 3 is 2.47 bits per heavy atom. The van der Waals surface area contributed by atoms with Crippen molar-refractivity contribution in [2.45, 2.75) is 32.9 Å². The van der Waals surface area contributed by atoms with Crippen LogP contribution in [-0.4, -0.2) is 33.1 Å². The highest BCUT2D eigenvalue weighted by molar-refractivity contribution is 7.15. The molecule has 3 aromatic rings. The van der Waals surface area contributed by atoms with Crippen molar-refractivity contribution in [3.8, 4) is 5.75 Å². The number of amides is 1. The maximum absolute atomic E-state index is 13.0. The van der Waals surface area contributed by atoms with E-state index in [9.17, 15) is 14.7 Å². The molecule has 0 radical (unpaired) electrons. The summed E-state index contributed by atoms with van der Waals surface area (Å²) in [5.74, 6) is -1.06. The van der Waals surface area contributed by atoms with Crippen molar-refractivity contribution in [2.24, 2.45) is 0 Å². The topological polar surface area (TPSA) is 92.6 Å². The van der Waals surface area contributed by atoms with Gasteiger partial charge in [-0.1, -0.05) is 17.4 Å². The van der Waals surface area contributed by atoms with Crippen LogP contribution in [0, 0.1) is 6.92 Å². The molecular weight excluding hydrogens is 422 g/mol. The van der Waals surface area contributed by atoms with Crippen LogP contribution in [0.3, 0.4) is 0 Å². The molecular formula is C21H19N3O4S2. The summed E-state index contributed by atoms with van der Waals surface area (Å²) >= 11 is 2.62. The first-order valence-corrected chi connectivity index (χ1v) is 11.0. The van der Waals surface area contributed by atoms with Crippen LogP contribution in [0.5, 0.6) is 5.75 Å². The number of ketones is 1. The number of anilines is 1. The van der Waals surface area contributed by atoms with Crippen LogP contribution in [0.4, 0.5) is 5.13 Å². The van der Waals surface area contributed by atoms with Crippen LogP contribution in [0.2, 0.25) is 0 Å². The van der Waals surface area contributed by atoms with Gasteiger partial charge in [0.1, 0.15) is 22.6 Å². The zero-order valence-electron chi connectivity index (χ0n) is 16.5. The molecule has 0 spiro atoms. The maximum atomic E-state index is 13.0. The summed E-state index contributed by atoms with van der Waals surface area (Å²) in [6.07, 6.45) is 0.0176. The number of benzene rings is 1. The van der Waals surface area contributed by atoms with Crippen molar-refractivity contribution in [3.63, 3.8) is 0 Å². The van der Waals surface area contributed by atoms with Gasteiger partial charge in [0.25, 0.3) is 5.78 Å². The van der Waals surface area contributed by atoms with Gasteiger partial charge in [-0.05, 0) is 56.5 Å². The Labute approximate surface area is 181 Å². The summed E-state index contributed by atoms with van der Waals surface area (Å²) in [6.45, 7) is 5.62. The van der Waals surface area contributed by atoms with Crippen molar-refractivity contribution in [1.29, 1.82) is 0 Å². The molecule has 1 fully saturated rings. The van der Waals surface area contributed by atoms with Crippen molar-refractivity contribution >= 4 is 45.3 Å². The van der Waals surface area contributed by atoms with E-state index in [2.05, 4.69) is 10.2 Å². The fourth-order valence-electron chi connectivity index (χ4n) is 3.25. The Kier molecular flexibility index (Phi) is 5.40. The zero-order chi connectivity index (χ0) is 21.4. The van der Waals surface area contributed by atoms with Crippen LogP contribution in [0.15, 0.2) is 47.4 Å². The minimum absolute atomic E-state index is 0.0176. The number of hydrogen-bond donors (Lipinski definition) is 1. The molecule has 0 bridgehead atoms. The second-order valence-corrected chi connectivity index (χ2v) is 9.12. The quantitative estimate of drug-likeness (QED) is 0.360. The lowest BCUT2D eigenvalue weighted by molar-refractivity contribution is -0.132. The van der Waals surface area contributed by atoms with E-state index < -0.39 is 17.7 Å². The highest BCUT2D eigenvalue weighted by Crippen LogP contribution is 2.44. The van der Waals surface area contributed by atoms with Gasteiger partial charge in [0, 0.05) is 10.4 Å². The summed E-state index contributed by atoms with van der Waals surface area (Å²) in [5, 5.41) is 21.9. The van der Waals surface area contributed by atoms with Gasteiger partial charge in [-0.3, -0.25) is 14.5 Å². The van der Waals surface area contributed by atoms with Gasteiger partial charge in [0.05, 0.1) is 11.7 Å². The smallest absolute Gasteiger partial charge is 0.301 e. The van der Waals surface area contributed by atoms with Crippen LogP contribution in [0.1, 0.15) is 35.3 Å². The van der Waals surface area contributed by atoms with Crippen molar-refractivity contribution in [2.75, 3.05) is 4.90 Å². The molecule has 4 rings (SSSR count). The molecule has 7 nitrogen and oxygen atoms in total. The monoisotopic (exact) mass is 441 g/mol. The number of carbonyl (C=O) groups is 2. The van der Waals surface area contributed by atoms with E-state index in [0.29, 0.717) is 21.5 Å². The SMILES string of the molecule is Cc1nnc(N2C(=O)C(=O)C(=C(O)c3ccc(OC(C)C)cc3)[C@@H]2c2cccs2)s1. The number of thiophene rings is 1. The van der Waals surface area contributed by atoms with Gasteiger partial charge in [-0.25, -0.2) is 0 Å². The molecule has 0 aliphatic carbocycles. The van der Waals surface area contributed by atoms with Gasteiger partial charge in [0.2, 0.25) is 5.13 Å². The lowest BCUT2D eigenvalue weighted by Gasteiger charge is -2.21. The minimum atomic E-state index is -0.760. The Bertz CT molecular complexity index is 1120. The molecule has 2 aromatic heterocycles. The average molecular weight is 442 g/mol. The number of nitrogens with zero attached hydrogens (tertiary/aromatic N) is 3. The average Bonchev–Trinajstić information content (AvgIpc) is 3.43. The molecule has 1 amide bonds. The molecule has 1 saturated heterocycles. The molecule has 1 aliphatic heterocycles. The number of Topliss-reactive ketones (excluding diaryl/α,β-unsaturated/α-hetero) is 1. The Hall–Kier alpha value is -3.04. The van der Waals surface area contributed by atoms with Gasteiger partial charge >= 0.3 is 5.91 Å². The largest absolute Gasteiger partial charge is 0.507 e. The highest BCUT2D eigenvalue weighted by atomic mass is 32.1. The Balaban J connectivity index is 1.82. The molecule has 1 aliphatic rings. The maximum Gasteiger partial charge on any atom is 0.301 e. The molecule has 154 valence electrons. The molecule has 3 heterocycles. The summed E-state index contributed by atoms with van der Waals surface area (Å²) in [7, 11) is 0. The number of aliphatic hydroxyl groups is 1. The van der Waals surface area contributed by atoms with Crippen molar-refractivity contribution in [3.05, 3.63) is 62.8 Å². The minimum Gasteiger partial charge on any atom is -0.507 e. The van der Waals surface area contributed by atoms with E-state index in [1.807, 2.05) is 31.4 Å². The standard InChI is InChI=1S/C21H19N3O4S2/c1-11(2)28-14-8-6-13(7-9-14)18(25)16-17(15-5-4-10-29-15)24(20(27)19(16)26)21-23-22-12(3)30-21/h4-11,17,25H,1-3H3/t17-/m0/s1. The van der Waals surface area contributed by atoms with Gasteiger partial charge in [-0.15, -0.1) is 21.5 Å². The first-order chi connectivity index (χ1) is 14.4. The van der Waals surface area contributed by atoms with E-state index in [1.165, 1.54) is 27.6 Å². The van der Waals surface area contributed by atoms with Crippen LogP contribution >= 0.6 is 22.7 Å². The highest BCUT2D eigenvalue weighted by Gasteiger charge is 2.48. The fourth-order valence-corrected chi connectivity index (χ4v) is 4.79. The third-order valence-electron chi connectivity index (χ3n) is 4.48. The lowest BCUT2D eigenvalue weighted by Crippen LogP contribution is -2.29. The van der Waals surface area contributed by atoms with E-state index in [0.717, 1.165) is 4.88 Å². The molecule has 30 heavy (non-hydrogen) atoms. The van der Waals surface area contributed by atoms with Gasteiger partial charge < -0.3 is 9.84 Å². The van der Waals surface area contributed by atoms with E-state index in [-0.39, 0.29) is 17.4 Å². The van der Waals surface area contributed by atoms with Crippen molar-refractivity contribution < 1.29 is 19.4 Å². The number of rotatable bonds is 5. The number of ether oxygens (including phenoxy) is 1. The van der Waals surface area contributed by atoms with Crippen LogP contribution in [0.25, 0.3) is 5.76 Å². The second-order valence-electron chi connectivity index (χ2n) is 6.98. The molecule has 0 saturated carbocycles. The fraction of sp³-hybridized carbons (Fsp3) is 0.238. The Morgan fingerprint density at radius 2 is 1.90 bits per heavy atom. The van der Waals surface area contributed by atoms with E-state index >= 15 is 0 Å². The molecule has 1 aromatic carbocycles. The summed E-state index contributed by atoms with van der Waals surface area (Å²) in [4.78, 5) is 27.9. The molecule has 1 atom stereocenters. The number of carbonyl (C=O) groups excluding carboxylic acids is 2.